The normalized spacial score (nSPS) is 30.3. The first kappa shape index (κ1) is 14.8. The SMILES string of the molecule is CC1CC(C)(C)CCC1(O)Cc1ccc(F)cc1Cl. The molecule has 0 spiro atoms. The van der Waals surface area contributed by atoms with Crippen LogP contribution in [0.2, 0.25) is 5.02 Å². The van der Waals surface area contributed by atoms with E-state index in [9.17, 15) is 9.50 Å². The Labute approximate surface area is 119 Å². The minimum absolute atomic E-state index is 0.220. The van der Waals surface area contributed by atoms with Crippen LogP contribution in [0, 0.1) is 17.2 Å². The lowest BCUT2D eigenvalue weighted by atomic mass is 9.64. The minimum atomic E-state index is -0.725. The summed E-state index contributed by atoms with van der Waals surface area (Å²) in [4.78, 5) is 0. The Kier molecular flexibility index (Phi) is 3.95. The quantitative estimate of drug-likeness (QED) is 0.841. The summed E-state index contributed by atoms with van der Waals surface area (Å²) in [5.74, 6) is -0.115. The molecule has 1 fully saturated rings. The van der Waals surface area contributed by atoms with Crippen molar-refractivity contribution in [2.75, 3.05) is 0 Å². The van der Waals surface area contributed by atoms with E-state index in [1.54, 1.807) is 6.07 Å². The second-order valence-corrected chi connectivity index (χ2v) is 7.19. The summed E-state index contributed by atoms with van der Waals surface area (Å²) in [7, 11) is 0. The molecule has 1 N–H and O–H groups in total. The fourth-order valence-corrected chi connectivity index (χ4v) is 3.41. The first-order valence-electron chi connectivity index (χ1n) is 6.88. The smallest absolute Gasteiger partial charge is 0.124 e. The molecule has 1 saturated carbocycles. The first-order valence-corrected chi connectivity index (χ1v) is 7.26. The average Bonchev–Trinajstić information content (AvgIpc) is 2.28. The second kappa shape index (κ2) is 5.06. The lowest BCUT2D eigenvalue weighted by molar-refractivity contribution is -0.0704. The van der Waals surface area contributed by atoms with Crippen LogP contribution in [0.25, 0.3) is 0 Å². The minimum Gasteiger partial charge on any atom is -0.389 e. The maximum Gasteiger partial charge on any atom is 0.124 e. The van der Waals surface area contributed by atoms with E-state index in [1.807, 2.05) is 0 Å². The van der Waals surface area contributed by atoms with Gasteiger partial charge in [0.25, 0.3) is 0 Å². The third kappa shape index (κ3) is 3.29. The van der Waals surface area contributed by atoms with Crippen molar-refractivity contribution >= 4 is 11.6 Å². The highest BCUT2D eigenvalue weighted by molar-refractivity contribution is 6.31. The Bertz CT molecular complexity index is 472. The van der Waals surface area contributed by atoms with Gasteiger partial charge in [-0.3, -0.25) is 0 Å². The fraction of sp³-hybridized carbons (Fsp3) is 0.625. The topological polar surface area (TPSA) is 20.2 Å². The predicted octanol–water partition coefficient (Wildman–Crippen LogP) is 4.60. The number of rotatable bonds is 2. The van der Waals surface area contributed by atoms with E-state index < -0.39 is 5.60 Å². The number of hydrogen-bond donors (Lipinski definition) is 1. The van der Waals surface area contributed by atoms with E-state index in [-0.39, 0.29) is 17.2 Å². The van der Waals surface area contributed by atoms with Crippen LogP contribution in [0.15, 0.2) is 18.2 Å². The van der Waals surface area contributed by atoms with Crippen LogP contribution < -0.4 is 0 Å². The molecule has 0 radical (unpaired) electrons. The standard InChI is InChI=1S/C16H22ClFO/c1-11-9-15(2,3)6-7-16(11,19)10-12-4-5-13(18)8-14(12)17/h4-5,8,11,19H,6-7,9-10H2,1-3H3. The van der Waals surface area contributed by atoms with Gasteiger partial charge in [0.1, 0.15) is 5.82 Å². The van der Waals surface area contributed by atoms with Crippen LogP contribution >= 0.6 is 11.6 Å². The molecule has 0 aromatic heterocycles. The third-order valence-electron chi connectivity index (χ3n) is 4.52. The molecule has 1 aliphatic carbocycles. The highest BCUT2D eigenvalue weighted by Crippen LogP contribution is 2.45. The molecule has 0 heterocycles. The summed E-state index contributed by atoms with van der Waals surface area (Å²) in [5.41, 5.74) is 0.395. The Morgan fingerprint density at radius 2 is 2.05 bits per heavy atom. The molecule has 0 aliphatic heterocycles. The van der Waals surface area contributed by atoms with Crippen molar-refractivity contribution in [1.82, 2.24) is 0 Å². The third-order valence-corrected chi connectivity index (χ3v) is 4.87. The zero-order valence-corrected chi connectivity index (χ0v) is 12.6. The van der Waals surface area contributed by atoms with E-state index in [0.717, 1.165) is 24.8 Å². The van der Waals surface area contributed by atoms with Gasteiger partial charge in [0.2, 0.25) is 0 Å². The molecule has 2 unspecified atom stereocenters. The number of benzene rings is 1. The Hall–Kier alpha value is -0.600. The molecule has 2 rings (SSSR count). The summed E-state index contributed by atoms with van der Waals surface area (Å²) >= 11 is 6.06. The molecular formula is C16H22ClFO. The molecule has 0 bridgehead atoms. The van der Waals surface area contributed by atoms with Crippen molar-refractivity contribution in [2.45, 2.75) is 52.1 Å². The van der Waals surface area contributed by atoms with Crippen molar-refractivity contribution < 1.29 is 9.50 Å². The highest BCUT2D eigenvalue weighted by atomic mass is 35.5. The highest BCUT2D eigenvalue weighted by Gasteiger charge is 2.42. The van der Waals surface area contributed by atoms with Gasteiger partial charge in [0, 0.05) is 11.4 Å². The zero-order valence-electron chi connectivity index (χ0n) is 11.8. The largest absolute Gasteiger partial charge is 0.389 e. The predicted molar refractivity (Wildman–Crippen MR) is 76.9 cm³/mol. The molecule has 0 saturated heterocycles. The van der Waals surface area contributed by atoms with Gasteiger partial charge in [-0.2, -0.15) is 0 Å². The maximum absolute atomic E-state index is 13.1. The Morgan fingerprint density at radius 3 is 2.63 bits per heavy atom. The van der Waals surface area contributed by atoms with Crippen LogP contribution in [0.5, 0.6) is 0 Å². The molecule has 2 atom stereocenters. The molecule has 3 heteroatoms. The number of halogens is 2. The molecule has 1 aromatic carbocycles. The van der Waals surface area contributed by atoms with Crippen LogP contribution in [-0.4, -0.2) is 10.7 Å². The lowest BCUT2D eigenvalue weighted by Gasteiger charge is -2.45. The van der Waals surface area contributed by atoms with Crippen LogP contribution in [0.3, 0.4) is 0 Å². The summed E-state index contributed by atoms with van der Waals surface area (Å²) in [6, 6.07) is 4.40. The number of aliphatic hydroxyl groups is 1. The van der Waals surface area contributed by atoms with E-state index >= 15 is 0 Å². The van der Waals surface area contributed by atoms with Gasteiger partial charge in [-0.25, -0.2) is 4.39 Å². The van der Waals surface area contributed by atoms with E-state index in [1.165, 1.54) is 12.1 Å². The van der Waals surface area contributed by atoms with E-state index in [2.05, 4.69) is 20.8 Å². The zero-order chi connectivity index (χ0) is 14.3. The second-order valence-electron chi connectivity index (χ2n) is 6.79. The van der Waals surface area contributed by atoms with Gasteiger partial charge in [-0.05, 0) is 48.3 Å². The fourth-order valence-electron chi connectivity index (χ4n) is 3.18. The van der Waals surface area contributed by atoms with Gasteiger partial charge in [-0.15, -0.1) is 0 Å². The van der Waals surface area contributed by atoms with Crippen molar-refractivity contribution in [3.63, 3.8) is 0 Å². The van der Waals surface area contributed by atoms with Crippen molar-refractivity contribution in [1.29, 1.82) is 0 Å². The molecule has 1 aromatic rings. The molecule has 1 aliphatic rings. The molecule has 19 heavy (non-hydrogen) atoms. The van der Waals surface area contributed by atoms with Crippen molar-refractivity contribution in [3.8, 4) is 0 Å². The number of hydrogen-bond acceptors (Lipinski definition) is 1. The van der Waals surface area contributed by atoms with Gasteiger partial charge in [-0.1, -0.05) is 38.4 Å². The van der Waals surface area contributed by atoms with Gasteiger partial charge in [0.15, 0.2) is 0 Å². The van der Waals surface area contributed by atoms with Crippen LogP contribution in [0.4, 0.5) is 4.39 Å². The van der Waals surface area contributed by atoms with Crippen LogP contribution in [-0.2, 0) is 6.42 Å². The Morgan fingerprint density at radius 1 is 1.37 bits per heavy atom. The molecule has 1 nitrogen and oxygen atoms in total. The maximum atomic E-state index is 13.1. The molecule has 106 valence electrons. The lowest BCUT2D eigenvalue weighted by Crippen LogP contribution is -2.45. The monoisotopic (exact) mass is 284 g/mol. The molecular weight excluding hydrogens is 263 g/mol. The average molecular weight is 285 g/mol. The van der Waals surface area contributed by atoms with Gasteiger partial charge < -0.3 is 5.11 Å². The van der Waals surface area contributed by atoms with Crippen molar-refractivity contribution in [2.24, 2.45) is 11.3 Å². The summed E-state index contributed by atoms with van der Waals surface area (Å²) in [5, 5.41) is 11.3. The van der Waals surface area contributed by atoms with E-state index in [4.69, 9.17) is 11.6 Å². The summed E-state index contributed by atoms with van der Waals surface area (Å²) in [6.45, 7) is 6.58. The first-order chi connectivity index (χ1) is 8.72. The van der Waals surface area contributed by atoms with Gasteiger partial charge >= 0.3 is 0 Å². The van der Waals surface area contributed by atoms with Crippen molar-refractivity contribution in [3.05, 3.63) is 34.6 Å². The van der Waals surface area contributed by atoms with Gasteiger partial charge in [0.05, 0.1) is 5.60 Å². The molecule has 0 amide bonds. The van der Waals surface area contributed by atoms with E-state index in [0.29, 0.717) is 11.4 Å². The van der Waals surface area contributed by atoms with Crippen LogP contribution in [0.1, 0.15) is 45.6 Å². The summed E-state index contributed by atoms with van der Waals surface area (Å²) < 4.78 is 13.1. The summed E-state index contributed by atoms with van der Waals surface area (Å²) in [6.07, 6.45) is 3.28. The Balaban J connectivity index is 2.18.